The van der Waals surface area contributed by atoms with Crippen LogP contribution in [0, 0.1) is 0 Å². The van der Waals surface area contributed by atoms with E-state index in [1.54, 1.807) is 40.2 Å². The van der Waals surface area contributed by atoms with Crippen molar-refractivity contribution in [2.24, 2.45) is 0 Å². The van der Waals surface area contributed by atoms with Gasteiger partial charge in [0, 0.05) is 16.0 Å². The molecule has 142 valence electrons. The predicted octanol–water partition coefficient (Wildman–Crippen LogP) is 4.76. The normalized spacial score (nSPS) is 10.6. The van der Waals surface area contributed by atoms with Gasteiger partial charge in [-0.25, -0.2) is 4.98 Å². The fourth-order valence-corrected chi connectivity index (χ4v) is 3.40. The van der Waals surface area contributed by atoms with Gasteiger partial charge in [0.25, 0.3) is 0 Å². The summed E-state index contributed by atoms with van der Waals surface area (Å²) in [6, 6.07) is 9.61. The fourth-order valence-electron chi connectivity index (χ4n) is 2.85. The van der Waals surface area contributed by atoms with E-state index >= 15 is 0 Å². The molecule has 0 saturated carbocycles. The summed E-state index contributed by atoms with van der Waals surface area (Å²) in [6.45, 7) is 0. The Bertz CT molecular complexity index is 913. The first-order valence-corrected chi connectivity index (χ1v) is 9.35. The SMILES string of the molecule is COc1cc(-c2ocnc2-c2cc(OC)c(OC)c(OC)c2)ccc1SC. The Balaban J connectivity index is 2.13. The van der Waals surface area contributed by atoms with Crippen molar-refractivity contribution in [3.8, 4) is 45.6 Å². The standard InChI is InChI=1S/C20H21NO5S/c1-22-14-8-12(6-7-17(14)27-5)19-18(21-11-26-19)13-9-15(23-2)20(25-4)16(10-13)24-3/h6-11H,1-5H3. The number of hydrogen-bond acceptors (Lipinski definition) is 7. The number of thioether (sulfide) groups is 1. The van der Waals surface area contributed by atoms with Crippen molar-refractivity contribution >= 4 is 11.8 Å². The maximum Gasteiger partial charge on any atom is 0.203 e. The summed E-state index contributed by atoms with van der Waals surface area (Å²) in [4.78, 5) is 5.45. The quantitative estimate of drug-likeness (QED) is 0.541. The first-order valence-electron chi connectivity index (χ1n) is 8.13. The first-order chi connectivity index (χ1) is 13.2. The lowest BCUT2D eigenvalue weighted by atomic mass is 10.0. The molecule has 0 spiro atoms. The van der Waals surface area contributed by atoms with Crippen LogP contribution in [-0.4, -0.2) is 39.7 Å². The molecule has 0 fully saturated rings. The van der Waals surface area contributed by atoms with E-state index in [9.17, 15) is 0 Å². The lowest BCUT2D eigenvalue weighted by Crippen LogP contribution is -1.96. The van der Waals surface area contributed by atoms with Gasteiger partial charge < -0.3 is 23.4 Å². The van der Waals surface area contributed by atoms with Gasteiger partial charge in [-0.15, -0.1) is 11.8 Å². The van der Waals surface area contributed by atoms with E-state index in [0.29, 0.717) is 28.7 Å². The van der Waals surface area contributed by atoms with E-state index < -0.39 is 0 Å². The zero-order chi connectivity index (χ0) is 19.4. The van der Waals surface area contributed by atoms with Crippen LogP contribution in [0.15, 0.2) is 46.0 Å². The molecule has 0 aliphatic rings. The Labute approximate surface area is 162 Å². The van der Waals surface area contributed by atoms with Crippen molar-refractivity contribution < 1.29 is 23.4 Å². The van der Waals surface area contributed by atoms with Gasteiger partial charge in [-0.2, -0.15) is 0 Å². The molecule has 0 atom stereocenters. The molecule has 3 rings (SSSR count). The van der Waals surface area contributed by atoms with Crippen LogP contribution in [0.2, 0.25) is 0 Å². The van der Waals surface area contributed by atoms with E-state index in [0.717, 1.165) is 21.8 Å². The van der Waals surface area contributed by atoms with Crippen LogP contribution in [0.4, 0.5) is 0 Å². The van der Waals surface area contributed by atoms with Crippen LogP contribution < -0.4 is 18.9 Å². The number of ether oxygens (including phenoxy) is 4. The van der Waals surface area contributed by atoms with Gasteiger partial charge in [0.15, 0.2) is 23.7 Å². The monoisotopic (exact) mass is 387 g/mol. The minimum atomic E-state index is 0.528. The van der Waals surface area contributed by atoms with Crippen LogP contribution in [0.3, 0.4) is 0 Å². The Morgan fingerprint density at radius 2 is 1.44 bits per heavy atom. The summed E-state index contributed by atoms with van der Waals surface area (Å²) < 4.78 is 27.5. The average molecular weight is 387 g/mol. The molecule has 0 aliphatic heterocycles. The largest absolute Gasteiger partial charge is 0.496 e. The molecular weight excluding hydrogens is 366 g/mol. The maximum atomic E-state index is 5.70. The van der Waals surface area contributed by atoms with Gasteiger partial charge in [-0.3, -0.25) is 0 Å². The smallest absolute Gasteiger partial charge is 0.203 e. The Kier molecular flexibility index (Phi) is 5.81. The van der Waals surface area contributed by atoms with E-state index in [1.165, 1.54) is 6.39 Å². The van der Waals surface area contributed by atoms with Crippen LogP contribution in [-0.2, 0) is 0 Å². The molecule has 0 unspecified atom stereocenters. The second-order valence-corrected chi connectivity index (χ2v) is 6.36. The third kappa shape index (κ3) is 3.55. The predicted molar refractivity (Wildman–Crippen MR) is 105 cm³/mol. The molecule has 3 aromatic rings. The van der Waals surface area contributed by atoms with Crippen molar-refractivity contribution in [1.82, 2.24) is 4.98 Å². The second-order valence-electron chi connectivity index (χ2n) is 5.51. The van der Waals surface area contributed by atoms with Gasteiger partial charge in [0.2, 0.25) is 5.75 Å². The molecule has 27 heavy (non-hydrogen) atoms. The number of oxazole rings is 1. The molecule has 0 amide bonds. The van der Waals surface area contributed by atoms with E-state index in [-0.39, 0.29) is 0 Å². The van der Waals surface area contributed by atoms with E-state index in [4.69, 9.17) is 23.4 Å². The van der Waals surface area contributed by atoms with Gasteiger partial charge in [0.1, 0.15) is 11.4 Å². The summed E-state index contributed by atoms with van der Waals surface area (Å²) in [5.74, 6) is 3.05. The molecule has 0 bridgehead atoms. The molecule has 1 aromatic heterocycles. The average Bonchev–Trinajstić information content (AvgIpc) is 3.21. The Morgan fingerprint density at radius 1 is 0.815 bits per heavy atom. The molecule has 0 N–H and O–H groups in total. The number of nitrogens with zero attached hydrogens (tertiary/aromatic N) is 1. The number of rotatable bonds is 7. The molecule has 6 nitrogen and oxygen atoms in total. The van der Waals surface area contributed by atoms with Crippen molar-refractivity contribution in [1.29, 1.82) is 0 Å². The Morgan fingerprint density at radius 3 is 2.00 bits per heavy atom. The van der Waals surface area contributed by atoms with Crippen LogP contribution in [0.25, 0.3) is 22.6 Å². The molecule has 0 aliphatic carbocycles. The summed E-state index contributed by atoms with van der Waals surface area (Å²) in [5, 5.41) is 0. The first kappa shape index (κ1) is 19.0. The number of benzene rings is 2. The van der Waals surface area contributed by atoms with E-state index in [1.807, 2.05) is 36.6 Å². The highest BCUT2D eigenvalue weighted by Gasteiger charge is 2.20. The van der Waals surface area contributed by atoms with Crippen molar-refractivity contribution in [3.05, 3.63) is 36.7 Å². The minimum absolute atomic E-state index is 0.528. The highest BCUT2D eigenvalue weighted by atomic mass is 32.2. The highest BCUT2D eigenvalue weighted by molar-refractivity contribution is 7.98. The third-order valence-electron chi connectivity index (χ3n) is 4.15. The van der Waals surface area contributed by atoms with Crippen molar-refractivity contribution in [2.45, 2.75) is 4.90 Å². The number of hydrogen-bond donors (Lipinski definition) is 0. The third-order valence-corrected chi connectivity index (χ3v) is 4.93. The molecule has 2 aromatic carbocycles. The minimum Gasteiger partial charge on any atom is -0.496 e. The molecular formula is C20H21NO5S. The van der Waals surface area contributed by atoms with Crippen molar-refractivity contribution in [2.75, 3.05) is 34.7 Å². The van der Waals surface area contributed by atoms with Crippen LogP contribution in [0.5, 0.6) is 23.0 Å². The van der Waals surface area contributed by atoms with Crippen molar-refractivity contribution in [3.63, 3.8) is 0 Å². The molecule has 1 heterocycles. The topological polar surface area (TPSA) is 63.0 Å². The Hall–Kier alpha value is -2.80. The summed E-state index contributed by atoms with van der Waals surface area (Å²) >= 11 is 1.62. The lowest BCUT2D eigenvalue weighted by molar-refractivity contribution is 0.324. The summed E-state index contributed by atoms with van der Waals surface area (Å²) in [5.41, 5.74) is 2.33. The molecule has 0 saturated heterocycles. The van der Waals surface area contributed by atoms with E-state index in [2.05, 4.69) is 4.98 Å². The van der Waals surface area contributed by atoms with Gasteiger partial charge in [0.05, 0.1) is 28.4 Å². The second kappa shape index (κ2) is 8.26. The van der Waals surface area contributed by atoms with Gasteiger partial charge >= 0.3 is 0 Å². The fraction of sp³-hybridized carbons (Fsp3) is 0.250. The molecule has 0 radical (unpaired) electrons. The van der Waals surface area contributed by atoms with Crippen LogP contribution in [0.1, 0.15) is 0 Å². The zero-order valence-electron chi connectivity index (χ0n) is 15.9. The zero-order valence-corrected chi connectivity index (χ0v) is 16.7. The molecule has 7 heteroatoms. The number of methoxy groups -OCH3 is 4. The number of aromatic nitrogens is 1. The van der Waals surface area contributed by atoms with Crippen LogP contribution >= 0.6 is 11.8 Å². The van der Waals surface area contributed by atoms with Gasteiger partial charge in [-0.1, -0.05) is 0 Å². The lowest BCUT2D eigenvalue weighted by Gasteiger charge is -2.14. The highest BCUT2D eigenvalue weighted by Crippen LogP contribution is 2.43. The maximum absolute atomic E-state index is 5.70. The van der Waals surface area contributed by atoms with Gasteiger partial charge in [-0.05, 0) is 36.6 Å². The summed E-state index contributed by atoms with van der Waals surface area (Å²) in [7, 11) is 6.38. The summed E-state index contributed by atoms with van der Waals surface area (Å²) in [6.07, 6.45) is 3.43.